The standard InChI is InChI=1S/C19H16Cl2N2/c20-12-4-3-5-14(10-12)22-19-15-6-1-2-7-17(15)23-18-11-13(21)8-9-16(18)19/h3-5,8-11H,1-2,6-7H2,(H,22,23). The fourth-order valence-corrected chi connectivity index (χ4v) is 3.61. The minimum Gasteiger partial charge on any atom is -0.355 e. The predicted octanol–water partition coefficient (Wildman–Crippen LogP) is 6.16. The minimum atomic E-state index is 0.717. The summed E-state index contributed by atoms with van der Waals surface area (Å²) in [6.07, 6.45) is 4.49. The number of rotatable bonds is 2. The fraction of sp³-hybridized carbons (Fsp3) is 0.211. The lowest BCUT2D eigenvalue weighted by atomic mass is 9.92. The maximum absolute atomic E-state index is 6.16. The molecule has 1 aliphatic rings. The highest BCUT2D eigenvalue weighted by atomic mass is 35.5. The Labute approximate surface area is 145 Å². The Bertz CT molecular complexity index is 890. The lowest BCUT2D eigenvalue weighted by Crippen LogP contribution is -2.09. The van der Waals surface area contributed by atoms with E-state index in [0.29, 0.717) is 0 Å². The minimum absolute atomic E-state index is 0.717. The number of aryl methyl sites for hydroxylation is 1. The summed E-state index contributed by atoms with van der Waals surface area (Å²) in [6.45, 7) is 0. The van der Waals surface area contributed by atoms with Crippen molar-refractivity contribution in [3.63, 3.8) is 0 Å². The number of aromatic nitrogens is 1. The summed E-state index contributed by atoms with van der Waals surface area (Å²) in [6, 6.07) is 13.7. The zero-order valence-corrected chi connectivity index (χ0v) is 14.1. The zero-order valence-electron chi connectivity index (χ0n) is 12.6. The van der Waals surface area contributed by atoms with E-state index in [-0.39, 0.29) is 0 Å². The second-order valence-corrected chi connectivity index (χ2v) is 6.79. The molecule has 1 heterocycles. The maximum atomic E-state index is 6.16. The van der Waals surface area contributed by atoms with Gasteiger partial charge in [-0.05, 0) is 67.6 Å². The topological polar surface area (TPSA) is 24.9 Å². The van der Waals surface area contributed by atoms with Crippen LogP contribution in [-0.4, -0.2) is 4.98 Å². The van der Waals surface area contributed by atoms with Crippen molar-refractivity contribution in [2.45, 2.75) is 25.7 Å². The zero-order chi connectivity index (χ0) is 15.8. The van der Waals surface area contributed by atoms with E-state index in [9.17, 15) is 0 Å². The quantitative estimate of drug-likeness (QED) is 0.602. The van der Waals surface area contributed by atoms with Crippen molar-refractivity contribution in [2.75, 3.05) is 5.32 Å². The van der Waals surface area contributed by atoms with Crippen LogP contribution < -0.4 is 5.32 Å². The molecule has 0 saturated heterocycles. The van der Waals surface area contributed by atoms with E-state index < -0.39 is 0 Å². The van der Waals surface area contributed by atoms with Crippen molar-refractivity contribution in [1.29, 1.82) is 0 Å². The van der Waals surface area contributed by atoms with Crippen LogP contribution in [0.2, 0.25) is 10.0 Å². The summed E-state index contributed by atoms with van der Waals surface area (Å²) < 4.78 is 0. The number of hydrogen-bond donors (Lipinski definition) is 1. The van der Waals surface area contributed by atoms with E-state index in [4.69, 9.17) is 28.2 Å². The van der Waals surface area contributed by atoms with Gasteiger partial charge in [0.2, 0.25) is 0 Å². The Kier molecular flexibility index (Phi) is 3.88. The van der Waals surface area contributed by atoms with Gasteiger partial charge in [0.25, 0.3) is 0 Å². The van der Waals surface area contributed by atoms with Crippen LogP contribution in [-0.2, 0) is 12.8 Å². The third-order valence-electron chi connectivity index (χ3n) is 4.32. The van der Waals surface area contributed by atoms with E-state index >= 15 is 0 Å². The summed E-state index contributed by atoms with van der Waals surface area (Å²) in [7, 11) is 0. The first kappa shape index (κ1) is 14.8. The molecule has 0 radical (unpaired) electrons. The summed E-state index contributed by atoms with van der Waals surface area (Å²) in [5, 5.41) is 6.12. The molecule has 1 aromatic heterocycles. The van der Waals surface area contributed by atoms with Gasteiger partial charge in [-0.3, -0.25) is 4.98 Å². The van der Waals surface area contributed by atoms with Crippen LogP contribution in [0.25, 0.3) is 10.9 Å². The molecular formula is C19H16Cl2N2. The first-order chi connectivity index (χ1) is 11.2. The summed E-state index contributed by atoms with van der Waals surface area (Å²) in [5.41, 5.74) is 5.60. The Hall–Kier alpha value is -1.77. The van der Waals surface area contributed by atoms with Gasteiger partial charge in [-0.25, -0.2) is 0 Å². The van der Waals surface area contributed by atoms with Crippen molar-refractivity contribution in [1.82, 2.24) is 4.98 Å². The van der Waals surface area contributed by atoms with Crippen LogP contribution >= 0.6 is 23.2 Å². The fourth-order valence-electron chi connectivity index (χ4n) is 3.25. The lowest BCUT2D eigenvalue weighted by Gasteiger charge is -2.22. The Balaban J connectivity index is 1.92. The smallest absolute Gasteiger partial charge is 0.0741 e. The molecule has 2 aromatic carbocycles. The molecule has 0 saturated carbocycles. The van der Waals surface area contributed by atoms with Gasteiger partial charge in [-0.2, -0.15) is 0 Å². The van der Waals surface area contributed by atoms with E-state index in [0.717, 1.165) is 45.2 Å². The molecule has 0 aliphatic heterocycles. The molecule has 0 bridgehead atoms. The maximum Gasteiger partial charge on any atom is 0.0741 e. The molecule has 0 amide bonds. The third kappa shape index (κ3) is 2.89. The van der Waals surface area contributed by atoms with E-state index in [1.807, 2.05) is 42.5 Å². The molecule has 2 nitrogen and oxygen atoms in total. The van der Waals surface area contributed by atoms with E-state index in [1.54, 1.807) is 0 Å². The highest BCUT2D eigenvalue weighted by molar-refractivity contribution is 6.31. The second-order valence-electron chi connectivity index (χ2n) is 5.92. The summed E-state index contributed by atoms with van der Waals surface area (Å²) in [5.74, 6) is 0. The van der Waals surface area contributed by atoms with Crippen molar-refractivity contribution in [3.05, 3.63) is 63.8 Å². The number of hydrogen-bond acceptors (Lipinski definition) is 2. The van der Waals surface area contributed by atoms with Crippen LogP contribution in [0.15, 0.2) is 42.5 Å². The molecule has 4 rings (SSSR count). The molecule has 116 valence electrons. The normalized spacial score (nSPS) is 13.8. The number of fused-ring (bicyclic) bond motifs is 2. The van der Waals surface area contributed by atoms with Gasteiger partial charge in [-0.15, -0.1) is 0 Å². The van der Waals surface area contributed by atoms with Gasteiger partial charge in [0.15, 0.2) is 0 Å². The Morgan fingerprint density at radius 1 is 0.913 bits per heavy atom. The predicted molar refractivity (Wildman–Crippen MR) is 98.1 cm³/mol. The number of benzene rings is 2. The second kappa shape index (κ2) is 6.03. The first-order valence-corrected chi connectivity index (χ1v) is 8.60. The number of pyridine rings is 1. The number of nitrogens with zero attached hydrogens (tertiary/aromatic N) is 1. The van der Waals surface area contributed by atoms with Gasteiger partial charge in [0.05, 0.1) is 11.2 Å². The van der Waals surface area contributed by atoms with Crippen molar-refractivity contribution >= 4 is 45.5 Å². The van der Waals surface area contributed by atoms with Gasteiger partial charge in [0.1, 0.15) is 0 Å². The highest BCUT2D eigenvalue weighted by Gasteiger charge is 2.18. The van der Waals surface area contributed by atoms with Gasteiger partial charge in [-0.1, -0.05) is 29.3 Å². The monoisotopic (exact) mass is 342 g/mol. The summed E-state index contributed by atoms with van der Waals surface area (Å²) in [4.78, 5) is 4.85. The molecule has 3 aromatic rings. The average molecular weight is 343 g/mol. The SMILES string of the molecule is Clc1cccc(Nc2c3c(nc4cc(Cl)ccc24)CCCC3)c1. The first-order valence-electron chi connectivity index (χ1n) is 7.84. The molecule has 1 aliphatic carbocycles. The van der Waals surface area contributed by atoms with E-state index in [2.05, 4.69) is 5.32 Å². The van der Waals surface area contributed by atoms with Gasteiger partial charge >= 0.3 is 0 Å². The molecule has 0 unspecified atom stereocenters. The number of anilines is 2. The Morgan fingerprint density at radius 2 is 1.74 bits per heavy atom. The van der Waals surface area contributed by atoms with Crippen LogP contribution in [0.3, 0.4) is 0 Å². The van der Waals surface area contributed by atoms with Crippen molar-refractivity contribution < 1.29 is 0 Å². The molecule has 23 heavy (non-hydrogen) atoms. The van der Waals surface area contributed by atoms with Crippen LogP contribution in [0, 0.1) is 0 Å². The molecular weight excluding hydrogens is 327 g/mol. The van der Waals surface area contributed by atoms with Crippen molar-refractivity contribution in [2.24, 2.45) is 0 Å². The molecule has 0 atom stereocenters. The van der Waals surface area contributed by atoms with E-state index in [1.165, 1.54) is 24.1 Å². The van der Waals surface area contributed by atoms with Crippen LogP contribution in [0.5, 0.6) is 0 Å². The largest absolute Gasteiger partial charge is 0.355 e. The van der Waals surface area contributed by atoms with Gasteiger partial charge in [0, 0.05) is 26.8 Å². The molecule has 1 N–H and O–H groups in total. The number of nitrogens with one attached hydrogen (secondary N) is 1. The van der Waals surface area contributed by atoms with Gasteiger partial charge < -0.3 is 5.32 Å². The summed E-state index contributed by atoms with van der Waals surface area (Å²) >= 11 is 12.3. The lowest BCUT2D eigenvalue weighted by molar-refractivity contribution is 0.672. The molecule has 0 spiro atoms. The highest BCUT2D eigenvalue weighted by Crippen LogP contribution is 2.36. The van der Waals surface area contributed by atoms with Crippen LogP contribution in [0.4, 0.5) is 11.4 Å². The average Bonchev–Trinajstić information content (AvgIpc) is 2.54. The van der Waals surface area contributed by atoms with Crippen molar-refractivity contribution in [3.8, 4) is 0 Å². The van der Waals surface area contributed by atoms with Crippen LogP contribution in [0.1, 0.15) is 24.1 Å². The molecule has 0 fully saturated rings. The Morgan fingerprint density at radius 3 is 2.61 bits per heavy atom. The molecule has 4 heteroatoms. The third-order valence-corrected chi connectivity index (χ3v) is 4.79. The number of halogens is 2.